The molecule has 27 heavy (non-hydrogen) atoms. The highest BCUT2D eigenvalue weighted by Gasteiger charge is 2.32. The highest BCUT2D eigenvalue weighted by atomic mass is 32.2. The van der Waals surface area contributed by atoms with Crippen molar-refractivity contribution < 1.29 is 17.9 Å². The molecule has 0 aliphatic carbocycles. The highest BCUT2D eigenvalue weighted by Crippen LogP contribution is 2.45. The van der Waals surface area contributed by atoms with E-state index in [0.717, 1.165) is 20.9 Å². The zero-order valence-corrected chi connectivity index (χ0v) is 16.5. The summed E-state index contributed by atoms with van der Waals surface area (Å²) in [6.45, 7) is 1.84. The SMILES string of the molecule is O=C(OCCN1CCS(=O)(=O)CC1)C1c2ccccc2Sc2ccccc21. The van der Waals surface area contributed by atoms with Gasteiger partial charge in [0.05, 0.1) is 11.5 Å². The van der Waals surface area contributed by atoms with Crippen molar-refractivity contribution in [2.75, 3.05) is 37.7 Å². The molecule has 0 atom stereocenters. The predicted molar refractivity (Wildman–Crippen MR) is 105 cm³/mol. The van der Waals surface area contributed by atoms with Crippen molar-refractivity contribution in [2.45, 2.75) is 15.7 Å². The molecule has 0 N–H and O–H groups in total. The number of carbonyl (C=O) groups excluding carboxylic acids is 1. The standard InChI is InChI=1S/C20H21NO4S2/c22-20(25-12-9-21-10-13-27(23,24)14-11-21)19-15-5-1-3-7-17(15)26-18-8-4-2-6-16(18)19/h1-8,19H,9-14H2. The van der Waals surface area contributed by atoms with Gasteiger partial charge in [-0.25, -0.2) is 8.42 Å². The lowest BCUT2D eigenvalue weighted by atomic mass is 9.91. The van der Waals surface area contributed by atoms with Crippen LogP contribution in [0, 0.1) is 0 Å². The van der Waals surface area contributed by atoms with Gasteiger partial charge in [-0.05, 0) is 23.3 Å². The Hall–Kier alpha value is -1.83. The third kappa shape index (κ3) is 4.05. The van der Waals surface area contributed by atoms with E-state index in [0.29, 0.717) is 19.6 Å². The highest BCUT2D eigenvalue weighted by molar-refractivity contribution is 7.99. The van der Waals surface area contributed by atoms with Crippen LogP contribution in [0.3, 0.4) is 0 Å². The Morgan fingerprint density at radius 3 is 2.15 bits per heavy atom. The predicted octanol–water partition coefficient (Wildman–Crippen LogP) is 2.56. The monoisotopic (exact) mass is 403 g/mol. The fraction of sp³-hybridized carbons (Fsp3) is 0.350. The minimum absolute atomic E-state index is 0.182. The molecule has 142 valence electrons. The molecule has 0 amide bonds. The number of esters is 1. The maximum absolute atomic E-state index is 12.9. The van der Waals surface area contributed by atoms with Crippen molar-refractivity contribution >= 4 is 27.6 Å². The minimum atomic E-state index is -2.89. The molecule has 2 aromatic carbocycles. The van der Waals surface area contributed by atoms with Crippen molar-refractivity contribution in [2.24, 2.45) is 0 Å². The van der Waals surface area contributed by atoms with Crippen LogP contribution in [-0.4, -0.2) is 57.0 Å². The molecule has 0 bridgehead atoms. The molecule has 2 aliphatic rings. The first-order valence-corrected chi connectivity index (χ1v) is 11.6. The molecule has 0 aromatic heterocycles. The number of fused-ring (bicyclic) bond motifs is 2. The van der Waals surface area contributed by atoms with Crippen molar-refractivity contribution in [1.82, 2.24) is 4.90 Å². The number of hydrogen-bond donors (Lipinski definition) is 0. The van der Waals surface area contributed by atoms with Crippen LogP contribution < -0.4 is 0 Å². The van der Waals surface area contributed by atoms with Crippen LogP contribution in [0.4, 0.5) is 0 Å². The lowest BCUT2D eigenvalue weighted by Crippen LogP contribution is -2.42. The van der Waals surface area contributed by atoms with Gasteiger partial charge in [0.15, 0.2) is 9.84 Å². The number of hydrogen-bond acceptors (Lipinski definition) is 6. The lowest BCUT2D eigenvalue weighted by Gasteiger charge is -2.28. The minimum Gasteiger partial charge on any atom is -0.464 e. The quantitative estimate of drug-likeness (QED) is 0.731. The van der Waals surface area contributed by atoms with Crippen molar-refractivity contribution in [3.63, 3.8) is 0 Å². The van der Waals surface area contributed by atoms with Gasteiger partial charge < -0.3 is 4.74 Å². The summed E-state index contributed by atoms with van der Waals surface area (Å²) in [5.74, 6) is -0.302. The van der Waals surface area contributed by atoms with E-state index in [1.54, 1.807) is 11.8 Å². The molecule has 4 rings (SSSR count). The van der Waals surface area contributed by atoms with Gasteiger partial charge in [0.2, 0.25) is 0 Å². The summed E-state index contributed by atoms with van der Waals surface area (Å²) in [7, 11) is -2.89. The first-order valence-electron chi connectivity index (χ1n) is 8.99. The van der Waals surface area contributed by atoms with Gasteiger partial charge >= 0.3 is 5.97 Å². The molecule has 2 heterocycles. The van der Waals surface area contributed by atoms with Gasteiger partial charge in [0.25, 0.3) is 0 Å². The number of nitrogens with zero attached hydrogens (tertiary/aromatic N) is 1. The zero-order valence-electron chi connectivity index (χ0n) is 14.8. The Kier molecular flexibility index (Phi) is 5.25. The molecular formula is C20H21NO4S2. The van der Waals surface area contributed by atoms with Gasteiger partial charge in [0, 0.05) is 29.4 Å². The van der Waals surface area contributed by atoms with E-state index in [2.05, 4.69) is 0 Å². The van der Waals surface area contributed by atoms with Crippen molar-refractivity contribution in [3.05, 3.63) is 59.7 Å². The maximum Gasteiger partial charge on any atom is 0.318 e. The average Bonchev–Trinajstić information content (AvgIpc) is 2.67. The second-order valence-electron chi connectivity index (χ2n) is 6.77. The molecule has 0 radical (unpaired) electrons. The van der Waals surface area contributed by atoms with Crippen molar-refractivity contribution in [3.8, 4) is 0 Å². The van der Waals surface area contributed by atoms with Crippen LogP contribution in [0.1, 0.15) is 17.0 Å². The lowest BCUT2D eigenvalue weighted by molar-refractivity contribution is -0.145. The number of carbonyl (C=O) groups is 1. The zero-order chi connectivity index (χ0) is 18.9. The summed E-state index contributed by atoms with van der Waals surface area (Å²) in [5.41, 5.74) is 1.96. The third-order valence-electron chi connectivity index (χ3n) is 5.00. The molecular weight excluding hydrogens is 382 g/mol. The summed E-state index contributed by atoms with van der Waals surface area (Å²) in [6.07, 6.45) is 0. The summed E-state index contributed by atoms with van der Waals surface area (Å²) < 4.78 is 28.6. The molecule has 0 spiro atoms. The number of benzene rings is 2. The molecule has 7 heteroatoms. The number of ether oxygens (including phenoxy) is 1. The van der Waals surface area contributed by atoms with E-state index in [1.807, 2.05) is 53.4 Å². The van der Waals surface area contributed by atoms with Gasteiger partial charge in [-0.2, -0.15) is 0 Å². The number of sulfone groups is 1. The Morgan fingerprint density at radius 2 is 1.56 bits per heavy atom. The Labute approximate surface area is 163 Å². The molecule has 2 aromatic rings. The van der Waals surface area contributed by atoms with Crippen LogP contribution in [0.15, 0.2) is 58.3 Å². The topological polar surface area (TPSA) is 63.7 Å². The van der Waals surface area contributed by atoms with Crippen LogP contribution >= 0.6 is 11.8 Å². The number of rotatable bonds is 4. The maximum atomic E-state index is 12.9. The normalized spacial score (nSPS) is 19.1. The van der Waals surface area contributed by atoms with Crippen LogP contribution in [0.5, 0.6) is 0 Å². The second kappa shape index (κ2) is 7.66. The fourth-order valence-electron chi connectivity index (χ4n) is 3.50. The van der Waals surface area contributed by atoms with Crippen LogP contribution in [0.2, 0.25) is 0 Å². The first kappa shape index (κ1) is 18.5. The van der Waals surface area contributed by atoms with E-state index >= 15 is 0 Å². The molecule has 0 saturated carbocycles. The van der Waals surface area contributed by atoms with E-state index in [9.17, 15) is 13.2 Å². The van der Waals surface area contributed by atoms with E-state index in [-0.39, 0.29) is 24.1 Å². The Morgan fingerprint density at radius 1 is 1.00 bits per heavy atom. The molecule has 1 fully saturated rings. The Bertz CT molecular complexity index is 898. The van der Waals surface area contributed by atoms with E-state index in [4.69, 9.17) is 4.74 Å². The smallest absolute Gasteiger partial charge is 0.318 e. The molecule has 0 unspecified atom stereocenters. The first-order chi connectivity index (χ1) is 13.0. The van der Waals surface area contributed by atoms with Gasteiger partial charge in [-0.15, -0.1) is 0 Å². The molecule has 5 nitrogen and oxygen atoms in total. The summed E-state index contributed by atoms with van der Waals surface area (Å²) in [5, 5.41) is 0. The van der Waals surface area contributed by atoms with Crippen molar-refractivity contribution in [1.29, 1.82) is 0 Å². The summed E-state index contributed by atoms with van der Waals surface area (Å²) in [6, 6.07) is 15.9. The van der Waals surface area contributed by atoms with Gasteiger partial charge in [-0.3, -0.25) is 9.69 Å². The fourth-order valence-corrected chi connectivity index (χ4v) is 5.91. The largest absolute Gasteiger partial charge is 0.464 e. The second-order valence-corrected chi connectivity index (χ2v) is 10.2. The summed E-state index contributed by atoms with van der Waals surface area (Å²) in [4.78, 5) is 17.1. The Balaban J connectivity index is 1.44. The van der Waals surface area contributed by atoms with Crippen LogP contribution in [-0.2, 0) is 19.4 Å². The molecule has 1 saturated heterocycles. The van der Waals surface area contributed by atoms with E-state index < -0.39 is 15.8 Å². The third-order valence-corrected chi connectivity index (χ3v) is 7.80. The average molecular weight is 404 g/mol. The molecule has 2 aliphatic heterocycles. The van der Waals surface area contributed by atoms with Crippen LogP contribution in [0.25, 0.3) is 0 Å². The van der Waals surface area contributed by atoms with Gasteiger partial charge in [0.1, 0.15) is 12.5 Å². The van der Waals surface area contributed by atoms with Gasteiger partial charge in [-0.1, -0.05) is 48.2 Å². The summed E-state index contributed by atoms with van der Waals surface area (Å²) >= 11 is 1.68. The van der Waals surface area contributed by atoms with E-state index in [1.165, 1.54) is 0 Å².